The predicted molar refractivity (Wildman–Crippen MR) is 161 cm³/mol. The van der Waals surface area contributed by atoms with Crippen LogP contribution in [0.2, 0.25) is 0 Å². The Morgan fingerprint density at radius 1 is 1.05 bits per heavy atom. The average molecular weight is 603 g/mol. The Labute approximate surface area is 252 Å². The summed E-state index contributed by atoms with van der Waals surface area (Å²) >= 11 is 0. The molecule has 0 aliphatic heterocycles. The van der Waals surface area contributed by atoms with Crippen LogP contribution in [0.1, 0.15) is 71.1 Å². The van der Waals surface area contributed by atoms with E-state index >= 15 is 0 Å². The van der Waals surface area contributed by atoms with Crippen molar-refractivity contribution in [3.63, 3.8) is 0 Å². The lowest BCUT2D eigenvalue weighted by molar-refractivity contribution is -0.145. The normalized spacial score (nSPS) is 19.5. The third-order valence-corrected chi connectivity index (χ3v) is 7.09. The van der Waals surface area contributed by atoms with Crippen LogP contribution < -0.4 is 21.5 Å². The minimum absolute atomic E-state index is 0.304. The van der Waals surface area contributed by atoms with Gasteiger partial charge < -0.3 is 20.2 Å². The van der Waals surface area contributed by atoms with Crippen LogP contribution in [0, 0.1) is 18.8 Å². The zero-order chi connectivity index (χ0) is 32.3. The highest BCUT2D eigenvalue weighted by Crippen LogP contribution is 2.56. The van der Waals surface area contributed by atoms with Crippen LogP contribution in [0.3, 0.4) is 0 Å². The number of alkyl carbamates (subject to hydrolysis) is 1. The summed E-state index contributed by atoms with van der Waals surface area (Å²) < 4.78 is 38.6. The Balaban J connectivity index is 2.37. The highest BCUT2D eigenvalue weighted by Gasteiger charge is 2.76. The fraction of sp³-hybridized carbons (Fsp3) is 0.469. The van der Waals surface area contributed by atoms with Gasteiger partial charge in [-0.2, -0.15) is 0 Å². The number of hydrazine groups is 1. The van der Waals surface area contributed by atoms with Gasteiger partial charge in [-0.1, -0.05) is 56.7 Å². The molecule has 1 saturated carbocycles. The number of benzene rings is 1. The van der Waals surface area contributed by atoms with E-state index in [4.69, 9.17) is 4.74 Å². The summed E-state index contributed by atoms with van der Waals surface area (Å²) in [7, 11) is 2.69. The van der Waals surface area contributed by atoms with Crippen LogP contribution in [0.25, 0.3) is 0 Å². The van der Waals surface area contributed by atoms with E-state index in [1.807, 2.05) is 51.1 Å². The first-order chi connectivity index (χ1) is 20.3. The lowest BCUT2D eigenvalue weighted by Gasteiger charge is -2.20. The van der Waals surface area contributed by atoms with Crippen molar-refractivity contribution < 1.29 is 32.6 Å². The molecule has 0 heterocycles. The molecule has 3 unspecified atom stereocenters. The van der Waals surface area contributed by atoms with Crippen molar-refractivity contribution in [3.05, 3.63) is 81.9 Å². The van der Waals surface area contributed by atoms with E-state index in [1.54, 1.807) is 40.0 Å². The molecule has 2 rings (SSSR count). The van der Waals surface area contributed by atoms with Crippen LogP contribution >= 0.6 is 0 Å². The van der Waals surface area contributed by atoms with Gasteiger partial charge in [0.2, 0.25) is 5.91 Å². The van der Waals surface area contributed by atoms with Gasteiger partial charge >= 0.3 is 12.1 Å². The molecule has 0 radical (unpaired) electrons. The fourth-order valence-corrected chi connectivity index (χ4v) is 4.72. The number of hydrogen-bond donors (Lipinski definition) is 4. The molecule has 43 heavy (non-hydrogen) atoms. The number of rotatable bonds is 14. The van der Waals surface area contributed by atoms with E-state index < -0.39 is 41.8 Å². The first-order valence-electron chi connectivity index (χ1n) is 14.3. The number of aryl methyl sites for hydroxylation is 1. The highest BCUT2D eigenvalue weighted by molar-refractivity contribution is 5.94. The molecule has 4 N–H and O–H groups in total. The number of carbonyl (C=O) groups is 3. The van der Waals surface area contributed by atoms with Crippen molar-refractivity contribution in [1.82, 2.24) is 21.5 Å². The molecule has 1 aliphatic rings. The first kappa shape index (κ1) is 35.2. The summed E-state index contributed by atoms with van der Waals surface area (Å²) in [4.78, 5) is 37.5. The summed E-state index contributed by atoms with van der Waals surface area (Å²) in [6, 6.07) is 7.67. The van der Waals surface area contributed by atoms with E-state index in [0.29, 0.717) is 41.1 Å². The van der Waals surface area contributed by atoms with Crippen LogP contribution in [-0.4, -0.2) is 38.0 Å². The second-order valence-electron chi connectivity index (χ2n) is 10.4. The second kappa shape index (κ2) is 16.0. The fourth-order valence-electron chi connectivity index (χ4n) is 4.72. The number of allylic oxidation sites excluding steroid dienone is 6. The summed E-state index contributed by atoms with van der Waals surface area (Å²) in [5.41, 5.74) is 10.6. The molecule has 1 aromatic carbocycles. The van der Waals surface area contributed by atoms with Crippen molar-refractivity contribution in [1.29, 1.82) is 0 Å². The Hall–Kier alpha value is -3.99. The molecule has 2 amide bonds. The van der Waals surface area contributed by atoms with Crippen molar-refractivity contribution in [2.45, 2.75) is 72.8 Å². The molecule has 0 spiro atoms. The van der Waals surface area contributed by atoms with Crippen LogP contribution in [-0.2, 0) is 19.1 Å². The average Bonchev–Trinajstić information content (AvgIpc) is 3.54. The van der Waals surface area contributed by atoms with Gasteiger partial charge in [0.05, 0.1) is 12.8 Å². The maximum Gasteiger partial charge on any atom is 0.412 e. The third kappa shape index (κ3) is 9.25. The van der Waals surface area contributed by atoms with E-state index in [-0.39, 0.29) is 0 Å². The van der Waals surface area contributed by atoms with Gasteiger partial charge in [0.1, 0.15) is 17.9 Å². The van der Waals surface area contributed by atoms with Gasteiger partial charge in [-0.3, -0.25) is 14.9 Å². The lowest BCUT2D eigenvalue weighted by atomic mass is 10.0. The minimum Gasteiger partial charge on any atom is -0.469 e. The molecule has 9 nitrogen and oxygen atoms in total. The Morgan fingerprint density at radius 2 is 1.72 bits per heavy atom. The highest BCUT2D eigenvalue weighted by atomic mass is 19.3. The first-order valence-corrected chi connectivity index (χ1v) is 14.3. The molecule has 1 aromatic rings. The molecule has 1 aliphatic carbocycles. The second-order valence-corrected chi connectivity index (χ2v) is 10.4. The van der Waals surface area contributed by atoms with E-state index in [9.17, 15) is 23.2 Å². The Kier molecular flexibility index (Phi) is 13.1. The van der Waals surface area contributed by atoms with E-state index in [2.05, 4.69) is 26.2 Å². The van der Waals surface area contributed by atoms with E-state index in [0.717, 1.165) is 24.7 Å². The van der Waals surface area contributed by atoms with Gasteiger partial charge in [0, 0.05) is 18.4 Å². The number of halogens is 2. The molecule has 0 saturated heterocycles. The largest absolute Gasteiger partial charge is 0.469 e. The topological polar surface area (TPSA) is 118 Å². The third-order valence-electron chi connectivity index (χ3n) is 7.09. The van der Waals surface area contributed by atoms with Crippen LogP contribution in [0.15, 0.2) is 70.7 Å². The predicted octanol–water partition coefficient (Wildman–Crippen LogP) is 5.87. The SMILES string of the molecule is CC/C=C(C)/C(=C\C=C(C)\C(NNC)=C(\CCC)NC(=O)OC(C)c1ccccc1C)NC(=O)C1C(C(=O)OC)C1(F)F. The number of alkyl halides is 2. The quantitative estimate of drug-likeness (QED) is 0.119. The number of carbonyl (C=O) groups excluding carboxylic acids is 3. The number of methoxy groups -OCH3 is 1. The maximum absolute atomic E-state index is 14.2. The molecular formula is C32H44F2N4O5. The molecule has 1 fully saturated rings. The van der Waals surface area contributed by atoms with Gasteiger partial charge in [0.15, 0.2) is 0 Å². The molecule has 11 heteroatoms. The number of amides is 2. The summed E-state index contributed by atoms with van der Waals surface area (Å²) in [5, 5.41) is 5.43. The molecule has 3 atom stereocenters. The number of nitrogens with one attached hydrogen (secondary N) is 4. The van der Waals surface area contributed by atoms with Crippen molar-refractivity contribution in [2.24, 2.45) is 11.8 Å². The number of ether oxygens (including phenoxy) is 2. The maximum atomic E-state index is 14.2. The van der Waals surface area contributed by atoms with Crippen molar-refractivity contribution >= 4 is 18.0 Å². The monoisotopic (exact) mass is 602 g/mol. The molecule has 236 valence electrons. The summed E-state index contributed by atoms with van der Waals surface area (Å²) in [6.07, 6.45) is 5.93. The van der Waals surface area contributed by atoms with Crippen LogP contribution in [0.4, 0.5) is 13.6 Å². The van der Waals surface area contributed by atoms with Crippen LogP contribution in [0.5, 0.6) is 0 Å². The molecular weight excluding hydrogens is 558 g/mol. The molecule has 0 aromatic heterocycles. The van der Waals surface area contributed by atoms with E-state index in [1.165, 1.54) is 0 Å². The molecule has 0 bridgehead atoms. The minimum atomic E-state index is -3.48. The zero-order valence-corrected chi connectivity index (χ0v) is 26.2. The van der Waals surface area contributed by atoms with Gasteiger partial charge in [-0.25, -0.2) is 19.0 Å². The smallest absolute Gasteiger partial charge is 0.412 e. The number of hydrogen-bond acceptors (Lipinski definition) is 7. The summed E-state index contributed by atoms with van der Waals surface area (Å²) in [6.45, 7) is 11.2. The Morgan fingerprint density at radius 3 is 2.30 bits per heavy atom. The van der Waals surface area contributed by atoms with Crippen molar-refractivity contribution in [2.75, 3.05) is 14.2 Å². The van der Waals surface area contributed by atoms with Crippen molar-refractivity contribution in [3.8, 4) is 0 Å². The van der Waals surface area contributed by atoms with Gasteiger partial charge in [-0.15, -0.1) is 0 Å². The number of esters is 1. The van der Waals surface area contributed by atoms with Gasteiger partial charge in [0.25, 0.3) is 5.92 Å². The Bertz CT molecular complexity index is 1300. The van der Waals surface area contributed by atoms with Gasteiger partial charge in [-0.05, 0) is 68.9 Å². The zero-order valence-electron chi connectivity index (χ0n) is 26.2. The summed E-state index contributed by atoms with van der Waals surface area (Å²) in [5.74, 6) is -9.18. The standard InChI is InChI=1S/C32H44F2N4O5/c1-9-13-20(4)24(36-29(39)26-27(30(40)42-8)32(26,33)34)18-17-21(5)28(38-35-7)25(14-10-2)37-31(41)43-22(6)23-16-12-11-15-19(23)3/h11-13,15-18,22,26-27,35,38H,9-10,14H2,1-8H3,(H,36,39)(H,37,41)/b20-13+,21-17+,24-18+,28-25+. The lowest BCUT2D eigenvalue weighted by Crippen LogP contribution is -2.34.